The number of thiophene rings is 1. The molecule has 2 aliphatic heterocycles. The molecule has 5 nitrogen and oxygen atoms in total. The van der Waals surface area contributed by atoms with Crippen LogP contribution in [-0.4, -0.2) is 12.1 Å². The normalized spacial score (nSPS) is 25.7. The van der Waals surface area contributed by atoms with E-state index in [2.05, 4.69) is 6.07 Å². The highest BCUT2D eigenvalue weighted by Crippen LogP contribution is 2.44. The van der Waals surface area contributed by atoms with E-state index in [1.807, 2.05) is 17.5 Å². The van der Waals surface area contributed by atoms with Gasteiger partial charge in [0.25, 0.3) is 0 Å². The van der Waals surface area contributed by atoms with Gasteiger partial charge in [-0.2, -0.15) is 5.26 Å². The number of hydrogen-bond acceptors (Lipinski definition) is 6. The fourth-order valence-electron chi connectivity index (χ4n) is 2.48. The molecule has 1 aromatic heterocycles. The first-order chi connectivity index (χ1) is 9.61. The number of hydrogen-bond donors (Lipinski definition) is 1. The van der Waals surface area contributed by atoms with Crippen molar-refractivity contribution in [2.24, 2.45) is 5.73 Å². The third-order valence-corrected chi connectivity index (χ3v) is 4.26. The number of carbonyl (C=O) groups excluding carboxylic acids is 1. The number of esters is 1. The van der Waals surface area contributed by atoms with Gasteiger partial charge in [-0.3, -0.25) is 0 Å². The molecule has 0 fully saturated rings. The van der Waals surface area contributed by atoms with E-state index in [4.69, 9.17) is 15.2 Å². The van der Waals surface area contributed by atoms with Gasteiger partial charge in [-0.1, -0.05) is 6.07 Å². The first-order valence-corrected chi connectivity index (χ1v) is 7.04. The van der Waals surface area contributed by atoms with Crippen molar-refractivity contribution in [3.8, 4) is 6.07 Å². The van der Waals surface area contributed by atoms with Gasteiger partial charge in [0, 0.05) is 11.3 Å². The van der Waals surface area contributed by atoms with Crippen LogP contribution in [0.3, 0.4) is 0 Å². The number of nitrogens with zero attached hydrogens (tertiary/aromatic N) is 1. The van der Waals surface area contributed by atoms with Crippen LogP contribution in [0.1, 0.15) is 24.1 Å². The molecule has 2 N–H and O–H groups in total. The number of cyclic esters (lactones) is 1. The Kier molecular flexibility index (Phi) is 2.99. The number of nitrogens with two attached hydrogens (primary N) is 1. The number of carbonyl (C=O) groups is 1. The predicted octanol–water partition coefficient (Wildman–Crippen LogP) is 2.15. The average molecular weight is 288 g/mol. The standard InChI is InChI=1S/C14H12N2O3S/c1-7-5-9-12(14(17)18-7)11(10-3-2-4-20-10)8(6-15)13(16)19-9/h2-4,7,11H,5,16H2,1H3/t7-,11+/m1/s1. The van der Waals surface area contributed by atoms with Crippen molar-refractivity contribution in [2.45, 2.75) is 25.4 Å². The molecular formula is C14H12N2O3S. The van der Waals surface area contributed by atoms with Gasteiger partial charge in [-0.15, -0.1) is 11.3 Å². The molecule has 3 heterocycles. The van der Waals surface area contributed by atoms with Crippen LogP contribution in [0, 0.1) is 11.3 Å². The van der Waals surface area contributed by atoms with E-state index >= 15 is 0 Å². The average Bonchev–Trinajstić information content (AvgIpc) is 2.90. The highest BCUT2D eigenvalue weighted by Gasteiger charge is 2.41. The maximum Gasteiger partial charge on any atom is 0.338 e. The fourth-order valence-corrected chi connectivity index (χ4v) is 3.33. The largest absolute Gasteiger partial charge is 0.459 e. The lowest BCUT2D eigenvalue weighted by Crippen LogP contribution is -2.32. The molecule has 2 atom stereocenters. The van der Waals surface area contributed by atoms with Gasteiger partial charge in [0.2, 0.25) is 5.88 Å². The zero-order chi connectivity index (χ0) is 14.3. The van der Waals surface area contributed by atoms with Crippen LogP contribution in [0.15, 0.2) is 40.3 Å². The third-order valence-electron chi connectivity index (χ3n) is 3.33. The van der Waals surface area contributed by atoms with Gasteiger partial charge in [0.15, 0.2) is 0 Å². The minimum absolute atomic E-state index is 0.0755. The number of allylic oxidation sites excluding steroid dienone is 1. The minimum atomic E-state index is -0.483. The molecule has 1 aromatic rings. The zero-order valence-corrected chi connectivity index (χ0v) is 11.6. The van der Waals surface area contributed by atoms with Crippen LogP contribution in [-0.2, 0) is 14.3 Å². The highest BCUT2D eigenvalue weighted by atomic mass is 32.1. The summed E-state index contributed by atoms with van der Waals surface area (Å²) in [6, 6.07) is 5.80. The summed E-state index contributed by atoms with van der Waals surface area (Å²) < 4.78 is 10.7. The first-order valence-electron chi connectivity index (χ1n) is 6.16. The Labute approximate surface area is 119 Å². The van der Waals surface area contributed by atoms with E-state index in [-0.39, 0.29) is 17.6 Å². The lowest BCUT2D eigenvalue weighted by molar-refractivity contribution is -0.146. The molecule has 0 spiro atoms. The minimum Gasteiger partial charge on any atom is -0.459 e. The second-order valence-corrected chi connectivity index (χ2v) is 5.68. The quantitative estimate of drug-likeness (QED) is 0.800. The summed E-state index contributed by atoms with van der Waals surface area (Å²) in [4.78, 5) is 13.1. The maximum absolute atomic E-state index is 12.2. The molecule has 2 aliphatic rings. The van der Waals surface area contributed by atoms with Crippen LogP contribution in [0.4, 0.5) is 0 Å². The molecule has 0 unspecified atom stereocenters. The highest BCUT2D eigenvalue weighted by molar-refractivity contribution is 7.10. The smallest absolute Gasteiger partial charge is 0.338 e. The second kappa shape index (κ2) is 4.69. The van der Waals surface area contributed by atoms with Crippen molar-refractivity contribution in [3.05, 3.63) is 45.2 Å². The Morgan fingerprint density at radius 2 is 2.35 bits per heavy atom. The Bertz CT molecular complexity index is 667. The molecule has 102 valence electrons. The summed E-state index contributed by atoms with van der Waals surface area (Å²) in [5.41, 5.74) is 6.50. The van der Waals surface area contributed by atoms with Crippen LogP contribution < -0.4 is 5.73 Å². The van der Waals surface area contributed by atoms with Gasteiger partial charge in [0.1, 0.15) is 23.5 Å². The maximum atomic E-state index is 12.2. The number of nitriles is 1. The topological polar surface area (TPSA) is 85.3 Å². The van der Waals surface area contributed by atoms with Crippen molar-refractivity contribution in [1.82, 2.24) is 0 Å². The van der Waals surface area contributed by atoms with Crippen molar-refractivity contribution in [3.63, 3.8) is 0 Å². The zero-order valence-electron chi connectivity index (χ0n) is 10.8. The van der Waals surface area contributed by atoms with Crippen molar-refractivity contribution in [1.29, 1.82) is 5.26 Å². The van der Waals surface area contributed by atoms with Gasteiger partial charge in [0.05, 0.1) is 11.5 Å². The van der Waals surface area contributed by atoms with Gasteiger partial charge in [-0.05, 0) is 18.4 Å². The molecule has 0 saturated carbocycles. The number of ether oxygens (including phenoxy) is 2. The van der Waals surface area contributed by atoms with Crippen LogP contribution >= 0.6 is 11.3 Å². The van der Waals surface area contributed by atoms with E-state index in [1.54, 1.807) is 6.92 Å². The van der Waals surface area contributed by atoms with Crippen LogP contribution in [0.25, 0.3) is 0 Å². The molecule has 20 heavy (non-hydrogen) atoms. The van der Waals surface area contributed by atoms with Crippen molar-refractivity contribution >= 4 is 17.3 Å². The fraction of sp³-hybridized carbons (Fsp3) is 0.286. The molecule has 0 aliphatic carbocycles. The molecule has 0 amide bonds. The molecule has 0 radical (unpaired) electrons. The second-order valence-electron chi connectivity index (χ2n) is 4.70. The summed E-state index contributed by atoms with van der Waals surface area (Å²) in [5.74, 6) is -0.323. The molecule has 0 aromatic carbocycles. The third kappa shape index (κ3) is 1.87. The summed E-state index contributed by atoms with van der Waals surface area (Å²) >= 11 is 1.47. The predicted molar refractivity (Wildman–Crippen MR) is 72.2 cm³/mol. The molecule has 0 saturated heterocycles. The molecule has 0 bridgehead atoms. The van der Waals surface area contributed by atoms with E-state index in [0.717, 1.165) is 4.88 Å². The Balaban J connectivity index is 2.16. The van der Waals surface area contributed by atoms with E-state index in [0.29, 0.717) is 17.8 Å². The van der Waals surface area contributed by atoms with E-state index in [1.165, 1.54) is 11.3 Å². The molecular weight excluding hydrogens is 276 g/mol. The summed E-state index contributed by atoms with van der Waals surface area (Å²) in [6.45, 7) is 1.80. The number of rotatable bonds is 1. The van der Waals surface area contributed by atoms with Crippen LogP contribution in [0.5, 0.6) is 0 Å². The van der Waals surface area contributed by atoms with Crippen molar-refractivity contribution < 1.29 is 14.3 Å². The Hall–Kier alpha value is -2.26. The Morgan fingerprint density at radius 3 is 3.00 bits per heavy atom. The Morgan fingerprint density at radius 1 is 1.55 bits per heavy atom. The first kappa shape index (κ1) is 12.8. The van der Waals surface area contributed by atoms with E-state index in [9.17, 15) is 10.1 Å². The monoisotopic (exact) mass is 288 g/mol. The van der Waals surface area contributed by atoms with Crippen LogP contribution in [0.2, 0.25) is 0 Å². The summed E-state index contributed by atoms with van der Waals surface area (Å²) in [7, 11) is 0. The lowest BCUT2D eigenvalue weighted by atomic mass is 9.85. The van der Waals surface area contributed by atoms with Gasteiger partial charge in [-0.25, -0.2) is 4.79 Å². The van der Waals surface area contributed by atoms with E-state index < -0.39 is 11.9 Å². The molecule has 3 rings (SSSR count). The SMILES string of the molecule is C[C@@H]1CC2=C(C(=O)O1)[C@H](c1cccs1)C(C#N)=C(N)O2. The van der Waals surface area contributed by atoms with Gasteiger partial charge < -0.3 is 15.2 Å². The molecule has 6 heteroatoms. The van der Waals surface area contributed by atoms with Gasteiger partial charge >= 0.3 is 5.97 Å². The lowest BCUT2D eigenvalue weighted by Gasteiger charge is -2.32. The summed E-state index contributed by atoms with van der Waals surface area (Å²) in [6.07, 6.45) is 0.226. The van der Waals surface area contributed by atoms with Crippen molar-refractivity contribution in [2.75, 3.05) is 0 Å². The summed E-state index contributed by atoms with van der Waals surface area (Å²) in [5, 5.41) is 11.2.